The number of carbonyl (C=O) groups is 2. The Bertz CT molecular complexity index is 457. The van der Waals surface area contributed by atoms with Crippen molar-refractivity contribution in [3.05, 3.63) is 35.4 Å². The normalized spacial score (nSPS) is 12.7. The lowest BCUT2D eigenvalue weighted by molar-refractivity contribution is -0.145. The van der Waals surface area contributed by atoms with Crippen LogP contribution in [-0.4, -0.2) is 19.0 Å². The molecule has 1 atom stereocenters. The molecule has 1 aromatic rings. The van der Waals surface area contributed by atoms with E-state index in [4.69, 9.17) is 4.74 Å². The van der Waals surface area contributed by atoms with Gasteiger partial charge in [0.25, 0.3) is 0 Å². The topological polar surface area (TPSA) is 55.4 Å². The first-order chi connectivity index (χ1) is 8.75. The van der Waals surface area contributed by atoms with Crippen LogP contribution in [-0.2, 0) is 19.7 Å². The molecular weight excluding hydrogens is 242 g/mol. The first-order valence-corrected chi connectivity index (χ1v) is 6.21. The molecule has 104 valence electrons. The predicted octanol–water partition coefficient (Wildman–Crippen LogP) is 2.33. The third kappa shape index (κ3) is 4.09. The summed E-state index contributed by atoms with van der Waals surface area (Å²) in [6, 6.07) is 6.87. The Balaban J connectivity index is 3.04. The van der Waals surface area contributed by atoms with E-state index in [1.807, 2.05) is 24.3 Å². The molecule has 0 aromatic heterocycles. The van der Waals surface area contributed by atoms with Crippen molar-refractivity contribution in [3.8, 4) is 0 Å². The van der Waals surface area contributed by atoms with Crippen LogP contribution in [0.15, 0.2) is 24.3 Å². The number of ether oxygens (including phenoxy) is 1. The summed E-state index contributed by atoms with van der Waals surface area (Å²) in [5.41, 5.74) is 1.94. The van der Waals surface area contributed by atoms with Crippen molar-refractivity contribution >= 4 is 11.9 Å². The molecule has 0 saturated heterocycles. The lowest BCUT2D eigenvalue weighted by atomic mass is 9.86. The number of esters is 1. The van der Waals surface area contributed by atoms with E-state index >= 15 is 0 Å². The molecule has 0 aliphatic heterocycles. The average molecular weight is 263 g/mol. The molecule has 0 spiro atoms. The zero-order chi connectivity index (χ0) is 14.6. The van der Waals surface area contributed by atoms with Gasteiger partial charge in [-0.15, -0.1) is 0 Å². The summed E-state index contributed by atoms with van der Waals surface area (Å²) in [7, 11) is 1.31. The van der Waals surface area contributed by atoms with E-state index in [0.29, 0.717) is 0 Å². The van der Waals surface area contributed by atoms with Crippen molar-refractivity contribution in [2.75, 3.05) is 7.11 Å². The molecule has 1 amide bonds. The van der Waals surface area contributed by atoms with Crippen molar-refractivity contribution in [2.45, 2.75) is 39.2 Å². The third-order valence-corrected chi connectivity index (χ3v) is 2.89. The molecule has 0 heterocycles. The Morgan fingerprint density at radius 3 is 2.05 bits per heavy atom. The third-order valence-electron chi connectivity index (χ3n) is 2.89. The van der Waals surface area contributed by atoms with Crippen molar-refractivity contribution in [1.29, 1.82) is 0 Å². The van der Waals surface area contributed by atoms with Gasteiger partial charge in [0.15, 0.2) is 6.04 Å². The van der Waals surface area contributed by atoms with Crippen LogP contribution in [0, 0.1) is 0 Å². The fourth-order valence-corrected chi connectivity index (χ4v) is 1.78. The summed E-state index contributed by atoms with van der Waals surface area (Å²) in [5.74, 6) is -0.742. The van der Waals surface area contributed by atoms with E-state index in [0.717, 1.165) is 5.56 Å². The predicted molar refractivity (Wildman–Crippen MR) is 73.7 cm³/mol. The van der Waals surface area contributed by atoms with Gasteiger partial charge >= 0.3 is 5.97 Å². The second-order valence-electron chi connectivity index (χ2n) is 5.53. The number of methoxy groups -OCH3 is 1. The van der Waals surface area contributed by atoms with Gasteiger partial charge in [-0.05, 0) is 16.5 Å². The molecule has 1 aromatic carbocycles. The molecule has 0 aliphatic rings. The fourth-order valence-electron chi connectivity index (χ4n) is 1.78. The van der Waals surface area contributed by atoms with E-state index in [-0.39, 0.29) is 11.3 Å². The van der Waals surface area contributed by atoms with E-state index in [2.05, 4.69) is 26.1 Å². The molecule has 0 radical (unpaired) electrons. The van der Waals surface area contributed by atoms with Gasteiger partial charge < -0.3 is 10.1 Å². The highest BCUT2D eigenvalue weighted by Crippen LogP contribution is 2.24. The van der Waals surface area contributed by atoms with Gasteiger partial charge in [-0.2, -0.15) is 0 Å². The molecule has 0 bridgehead atoms. The van der Waals surface area contributed by atoms with Crippen LogP contribution in [0.1, 0.15) is 44.9 Å². The smallest absolute Gasteiger partial charge is 0.333 e. The molecular formula is C15H21NO3. The number of benzene rings is 1. The van der Waals surface area contributed by atoms with E-state index in [9.17, 15) is 9.59 Å². The van der Waals surface area contributed by atoms with E-state index in [1.165, 1.54) is 19.6 Å². The van der Waals surface area contributed by atoms with Crippen LogP contribution < -0.4 is 5.32 Å². The van der Waals surface area contributed by atoms with E-state index < -0.39 is 12.0 Å². The monoisotopic (exact) mass is 263 g/mol. The average Bonchev–Trinajstić information content (AvgIpc) is 2.34. The Kier molecular flexibility index (Phi) is 4.70. The molecule has 1 N–H and O–H groups in total. The lowest BCUT2D eigenvalue weighted by Gasteiger charge is -2.21. The highest BCUT2D eigenvalue weighted by atomic mass is 16.5. The Morgan fingerprint density at radius 2 is 1.68 bits per heavy atom. The van der Waals surface area contributed by atoms with Crippen LogP contribution >= 0.6 is 0 Å². The maximum Gasteiger partial charge on any atom is 0.333 e. The molecule has 4 heteroatoms. The summed E-state index contributed by atoms with van der Waals surface area (Å²) in [5, 5.41) is 2.59. The highest BCUT2D eigenvalue weighted by molar-refractivity contribution is 5.84. The summed E-state index contributed by atoms with van der Waals surface area (Å²) in [4.78, 5) is 22.8. The number of amides is 1. The standard InChI is InChI=1S/C15H21NO3/c1-10(17)16-13(14(18)19-5)11-6-8-12(9-7-11)15(2,3)4/h6-9,13H,1-5H3,(H,16,17). The molecule has 4 nitrogen and oxygen atoms in total. The van der Waals surface area contributed by atoms with Gasteiger partial charge in [0, 0.05) is 6.92 Å². The van der Waals surface area contributed by atoms with Crippen molar-refractivity contribution in [2.24, 2.45) is 0 Å². The number of rotatable bonds is 3. The quantitative estimate of drug-likeness (QED) is 0.852. The maximum atomic E-state index is 11.7. The number of hydrogen-bond acceptors (Lipinski definition) is 3. The summed E-state index contributed by atoms with van der Waals surface area (Å²) >= 11 is 0. The van der Waals surface area contributed by atoms with Gasteiger partial charge in [-0.1, -0.05) is 45.0 Å². The highest BCUT2D eigenvalue weighted by Gasteiger charge is 2.23. The first-order valence-electron chi connectivity index (χ1n) is 6.21. The minimum Gasteiger partial charge on any atom is -0.467 e. The van der Waals surface area contributed by atoms with Gasteiger partial charge in [0.2, 0.25) is 5.91 Å². The van der Waals surface area contributed by atoms with Gasteiger partial charge in [-0.25, -0.2) is 4.79 Å². The largest absolute Gasteiger partial charge is 0.467 e. The zero-order valence-electron chi connectivity index (χ0n) is 12.1. The molecule has 19 heavy (non-hydrogen) atoms. The van der Waals surface area contributed by atoms with Gasteiger partial charge in [0.05, 0.1) is 7.11 Å². The Labute approximate surface area is 114 Å². The molecule has 0 fully saturated rings. The number of hydrogen-bond donors (Lipinski definition) is 1. The van der Waals surface area contributed by atoms with Crippen molar-refractivity contribution in [1.82, 2.24) is 5.32 Å². The summed E-state index contributed by atoms with van der Waals surface area (Å²) in [6.07, 6.45) is 0. The second kappa shape index (κ2) is 5.87. The van der Waals surface area contributed by atoms with Crippen LogP contribution in [0.2, 0.25) is 0 Å². The zero-order valence-corrected chi connectivity index (χ0v) is 12.1. The second-order valence-corrected chi connectivity index (χ2v) is 5.53. The molecule has 1 rings (SSSR count). The summed E-state index contributed by atoms with van der Waals surface area (Å²) < 4.78 is 4.71. The SMILES string of the molecule is COC(=O)C(NC(C)=O)c1ccc(C(C)(C)C)cc1. The number of carbonyl (C=O) groups excluding carboxylic acids is 2. The lowest BCUT2D eigenvalue weighted by Crippen LogP contribution is -2.33. The Morgan fingerprint density at radius 1 is 1.16 bits per heavy atom. The van der Waals surface area contributed by atoms with Crippen LogP contribution in [0.3, 0.4) is 0 Å². The molecule has 1 unspecified atom stereocenters. The van der Waals surface area contributed by atoms with E-state index in [1.54, 1.807) is 0 Å². The molecule has 0 saturated carbocycles. The Hall–Kier alpha value is -1.84. The minimum atomic E-state index is -0.753. The van der Waals surface area contributed by atoms with Crippen LogP contribution in [0.4, 0.5) is 0 Å². The van der Waals surface area contributed by atoms with Crippen LogP contribution in [0.5, 0.6) is 0 Å². The first kappa shape index (κ1) is 15.2. The minimum absolute atomic E-state index is 0.0489. The summed E-state index contributed by atoms with van der Waals surface area (Å²) in [6.45, 7) is 7.73. The molecule has 0 aliphatic carbocycles. The van der Waals surface area contributed by atoms with Crippen molar-refractivity contribution in [3.63, 3.8) is 0 Å². The van der Waals surface area contributed by atoms with Crippen molar-refractivity contribution < 1.29 is 14.3 Å². The fraction of sp³-hybridized carbons (Fsp3) is 0.467. The van der Waals surface area contributed by atoms with Gasteiger partial charge in [-0.3, -0.25) is 4.79 Å². The number of nitrogens with one attached hydrogen (secondary N) is 1. The van der Waals surface area contributed by atoms with Gasteiger partial charge in [0.1, 0.15) is 0 Å². The maximum absolute atomic E-state index is 11.7. The van der Waals surface area contributed by atoms with Crippen LogP contribution in [0.25, 0.3) is 0 Å².